The number of hydrogen-bond donors (Lipinski definition) is 6. The highest BCUT2D eigenvalue weighted by molar-refractivity contribution is 8.76. The van der Waals surface area contributed by atoms with Gasteiger partial charge in [-0.1, -0.05) is 79.0 Å². The van der Waals surface area contributed by atoms with Crippen LogP contribution in [0.25, 0.3) is 0 Å². The van der Waals surface area contributed by atoms with Crippen molar-refractivity contribution in [2.75, 3.05) is 38.8 Å². The van der Waals surface area contributed by atoms with E-state index in [1.807, 2.05) is 24.4 Å². The number of para-hydroxylation sites is 1. The Hall–Kier alpha value is -4.48. The van der Waals surface area contributed by atoms with Gasteiger partial charge in [0.1, 0.15) is 58.0 Å². The number of nitrogens with one attached hydrogen (secondary N) is 4. The first kappa shape index (κ1) is 51.7. The Labute approximate surface area is 489 Å². The van der Waals surface area contributed by atoms with Crippen molar-refractivity contribution in [2.45, 2.75) is 86.8 Å². The molecule has 0 bridgehead atoms. The van der Waals surface area contributed by atoms with Crippen LogP contribution in [0.15, 0.2) is 55.8 Å². The van der Waals surface area contributed by atoms with Crippen LogP contribution in [0.5, 0.6) is 5.75 Å². The van der Waals surface area contributed by atoms with E-state index in [2.05, 4.69) is 37.7 Å². The third kappa shape index (κ3) is 20.9. The maximum absolute atomic E-state index is 12.3. The fraction of sp³-hybridized carbons (Fsp3) is 0.488. The second-order valence-corrected chi connectivity index (χ2v) is 23.6. The van der Waals surface area contributed by atoms with Crippen molar-refractivity contribution in [1.29, 1.82) is 0 Å². The van der Waals surface area contributed by atoms with Crippen LogP contribution in [0.4, 0.5) is 26.3 Å². The predicted octanol–water partition coefficient (Wildman–Crippen LogP) is 5.82. The zero-order chi connectivity index (χ0) is 78.1. The maximum Gasteiger partial charge on any atom is 0.471 e. The van der Waals surface area contributed by atoms with Gasteiger partial charge in [0.25, 0.3) is 18.9 Å². The molecule has 0 saturated carbocycles. The molecule has 1 aromatic carbocycles. The SMILES string of the molecule is CSS[C@H](C)OC1C[C@H](n2cc(C#CCNC(=O)C(F)(F)F)c(=O)[nH]c2=O)O[C@@H]1CO.CSS[C@H](C)OC1C[C@H](n2cc(C#CCNC(=O)C(F)(F)F)c(=O)[nH]c2=O)O[C@@H]1COP(=O)([O-])O.O=C1OP(Cl)Oc2ccccc21.[3H][3H].[3H][3H].[3H][3H].[3H][3H].[3H][3H].[3H][3H].[3H][3H].[3H][3H].[3H][3H].[3H][3H]. The summed E-state index contributed by atoms with van der Waals surface area (Å²) in [6.07, 6.45) is -9.00. The van der Waals surface area contributed by atoms with Gasteiger partial charge in [0.05, 0.1) is 38.5 Å². The molecule has 78 heavy (non-hydrogen) atoms. The maximum atomic E-state index is 12.3. The highest BCUT2D eigenvalue weighted by Gasteiger charge is 2.41. The number of aliphatic hydroxyl groups is 1. The van der Waals surface area contributed by atoms with Gasteiger partial charge in [-0.05, 0) is 49.7 Å². The lowest BCUT2D eigenvalue weighted by Gasteiger charge is -2.24. The molecule has 2 saturated heterocycles. The largest absolute Gasteiger partial charge is 0.756 e. The molecule has 3 aromatic rings. The third-order valence-electron chi connectivity index (χ3n) is 9.76. The summed E-state index contributed by atoms with van der Waals surface area (Å²) in [6, 6.07) is 6.84. The van der Waals surface area contributed by atoms with Gasteiger partial charge in [-0.3, -0.25) is 42.8 Å². The molecule has 5 heterocycles. The van der Waals surface area contributed by atoms with Crippen molar-refractivity contribution in [3.63, 3.8) is 0 Å². The van der Waals surface area contributed by atoms with Crippen LogP contribution in [-0.2, 0) is 42.1 Å². The van der Waals surface area contributed by atoms with Gasteiger partial charge in [0, 0.05) is 54.9 Å². The molecule has 4 unspecified atom stereocenters. The second-order valence-electron chi connectivity index (χ2n) is 15.2. The molecule has 2 aromatic heterocycles. The minimum Gasteiger partial charge on any atom is -0.756 e. The van der Waals surface area contributed by atoms with Gasteiger partial charge < -0.3 is 58.0 Å². The van der Waals surface area contributed by atoms with E-state index in [1.165, 1.54) is 48.5 Å². The van der Waals surface area contributed by atoms with Gasteiger partial charge in [-0.2, -0.15) is 26.3 Å². The molecule has 10 atom stereocenters. The number of benzene rings is 1. The first-order valence-corrected chi connectivity index (χ1v) is 30.5. The number of phosphoric acid groups is 1. The number of phosphoric ester groups is 1. The van der Waals surface area contributed by atoms with E-state index in [9.17, 15) is 74.5 Å². The van der Waals surface area contributed by atoms with E-state index in [1.54, 1.807) is 36.5 Å². The molecule has 2 amide bonds. The van der Waals surface area contributed by atoms with Gasteiger partial charge in [0.15, 0.2) is 0 Å². The number of H-pyrrole nitrogens is 2. The van der Waals surface area contributed by atoms with Crippen molar-refractivity contribution < 1.29 is 122 Å². The normalized spacial score (nSPS) is 23.1. The summed E-state index contributed by atoms with van der Waals surface area (Å²) >= 11 is 5.54. The number of aromatic amines is 2. The Kier molecular flexibility index (Phi) is 20.1. The minimum atomic E-state index is -5.09. The molecular formula is C41H64ClF6N6O18P2S4-. The first-order chi connectivity index (χ1) is 46.5. The topological polar surface area (TPSA) is 330 Å². The number of fused-ring (bicyclic) bond motifs is 1. The molecular weight excluding hydrogens is 1200 g/mol. The Morgan fingerprint density at radius 1 is 0.859 bits per heavy atom. The smallest absolute Gasteiger partial charge is 0.471 e. The van der Waals surface area contributed by atoms with Crippen molar-refractivity contribution >= 4 is 87.8 Å². The molecule has 6 N–H and O–H groups in total. The molecule has 37 heteroatoms. The Morgan fingerprint density at radius 3 is 1.74 bits per heavy atom. The average Bonchev–Trinajstić information content (AvgIpc) is 1.59. The van der Waals surface area contributed by atoms with Crippen LogP contribution < -0.4 is 42.5 Å². The highest BCUT2D eigenvalue weighted by Crippen LogP contribution is 2.49. The number of rotatable bonds is 16. The minimum absolute atomic E-state index is 0.0162. The molecule has 0 aliphatic carbocycles. The molecule has 0 radical (unpaired) electrons. The molecule has 0 spiro atoms. The second kappa shape index (κ2) is 30.4. The number of hydrogen-bond acceptors (Lipinski definition) is 21. The highest BCUT2D eigenvalue weighted by atomic mass is 35.7. The first-order valence-electron chi connectivity index (χ1n) is 31.7. The summed E-state index contributed by atoms with van der Waals surface area (Å²) < 4.78 is 223. The van der Waals surface area contributed by atoms with Crippen LogP contribution in [0, 0.1) is 23.7 Å². The van der Waals surface area contributed by atoms with Crippen LogP contribution in [0.3, 0.4) is 0 Å². The summed E-state index contributed by atoms with van der Waals surface area (Å²) in [5, 5.41) is 12.6. The Bertz CT molecular complexity index is 3080. The van der Waals surface area contributed by atoms with Gasteiger partial charge in [-0.25, -0.2) is 14.4 Å². The average molecular weight is 1310 g/mol. The lowest BCUT2D eigenvalue weighted by Crippen LogP contribution is -2.37. The molecule has 3 aliphatic heterocycles. The van der Waals surface area contributed by atoms with Crippen LogP contribution >= 0.6 is 70.0 Å². The summed E-state index contributed by atoms with van der Waals surface area (Å²) in [7, 11) is -0.911. The predicted molar refractivity (Wildman–Crippen MR) is 292 cm³/mol. The van der Waals surface area contributed by atoms with E-state index in [0.29, 0.717) is 11.3 Å². The monoisotopic (exact) mass is 1310 g/mol. The van der Waals surface area contributed by atoms with E-state index >= 15 is 0 Å². The molecule has 2 fully saturated rings. The molecule has 450 valence electrons. The summed E-state index contributed by atoms with van der Waals surface area (Å²) in [6.45, 7) is 1.24. The van der Waals surface area contributed by atoms with Crippen molar-refractivity contribution in [2.24, 2.45) is 0 Å². The summed E-state index contributed by atoms with van der Waals surface area (Å²) in [4.78, 5) is 105. The number of aromatic nitrogens is 4. The standard InChI is InChI=1S/C17H21F3N3O9PS2.C17H20F3N3O6S2.C7H4ClO3P.10H2/c1-9(35-34-2)31-11-6-13(32-12(11)8-30-33(27,28)29)23-7-10(14(24)22-16(23)26)4-3-5-21-15(25)17(18,19)20;1-9(31-30-2)28-11-6-13(29-12(11)8-24)23-7-10(14(25)22-16(23)27)4-3-5-21-15(26)17(18,19)20;8-12-10-6-4-2-1-3-5(6)7(9)11-12;;;;;;;;;;/h7,9,11-13H,5-6,8H2,1-2H3,(H,21,25)(H,22,24,26)(H2,27,28,29);7,9,11-13,24H,5-6,8H2,1-2H3,(H,21,26)(H,22,25,27);1-4H;10*1H/p-1/t2*9-,11?,12-,13-;;;;;;;;;;;/m11.........../s1/i;;;10*1+2T. The molecule has 3 aliphatic rings. The van der Waals surface area contributed by atoms with Crippen LogP contribution in [-0.4, -0.2) is 133 Å². The number of halogens is 7. The van der Waals surface area contributed by atoms with Crippen molar-refractivity contribution in [3.8, 4) is 29.4 Å². The zero-order valence-corrected chi connectivity index (χ0v) is 46.1. The molecule has 24 nitrogen and oxygen atoms in total. The lowest BCUT2D eigenvalue weighted by atomic mass is 10.2. The van der Waals surface area contributed by atoms with Crippen LogP contribution in [0.2, 0.25) is 0 Å². The van der Waals surface area contributed by atoms with Gasteiger partial charge >= 0.3 is 49.2 Å². The van der Waals surface area contributed by atoms with Crippen molar-refractivity contribution in [1.82, 2.24) is 29.7 Å². The van der Waals surface area contributed by atoms with Crippen LogP contribution in [0.1, 0.15) is 90.3 Å². The van der Waals surface area contributed by atoms with E-state index in [0.717, 1.165) is 21.5 Å². The summed E-state index contributed by atoms with van der Waals surface area (Å²) in [5.74, 6) is 4.70. The number of alkyl halides is 6. The summed E-state index contributed by atoms with van der Waals surface area (Å²) in [5.41, 5.74) is -4.11. The fourth-order valence-electron chi connectivity index (χ4n) is 6.55. The van der Waals surface area contributed by atoms with Gasteiger partial charge in [0.2, 0.25) is 0 Å². The van der Waals surface area contributed by atoms with E-state index < -0.39 is 125 Å². The van der Waals surface area contributed by atoms with E-state index in [-0.39, 0.29) is 41.4 Å². The lowest BCUT2D eigenvalue weighted by molar-refractivity contribution is -0.223. The zero-order valence-electron chi connectivity index (χ0n) is 60.3. The number of ether oxygens (including phenoxy) is 4. The molecule has 6 rings (SSSR count). The number of nitrogens with zero attached hydrogens (tertiary/aromatic N) is 2. The van der Waals surface area contributed by atoms with Crippen molar-refractivity contribution in [3.05, 3.63) is 95.0 Å². The number of carbonyl (C=O) groups is 3. The number of carbonyl (C=O) groups excluding carboxylic acids is 3. The Balaban J connectivity index is -0.000000237. The number of aliphatic hydroxyl groups excluding tert-OH is 1. The van der Waals surface area contributed by atoms with E-state index in [4.69, 9.17) is 69.3 Å². The Morgan fingerprint density at radius 2 is 1.31 bits per heavy atom. The fourth-order valence-corrected chi connectivity index (χ4v) is 10.7. The quantitative estimate of drug-likeness (QED) is 0.0323. The number of amides is 2. The third-order valence-corrected chi connectivity index (χ3v) is 15.2. The van der Waals surface area contributed by atoms with Gasteiger partial charge in [-0.15, -0.1) is 0 Å².